The van der Waals surface area contributed by atoms with Gasteiger partial charge in [-0.25, -0.2) is 4.98 Å². The highest BCUT2D eigenvalue weighted by molar-refractivity contribution is 5.91. The van der Waals surface area contributed by atoms with E-state index in [9.17, 15) is 4.79 Å². The predicted molar refractivity (Wildman–Crippen MR) is 99.1 cm³/mol. The van der Waals surface area contributed by atoms with Crippen LogP contribution >= 0.6 is 0 Å². The number of hydrogen-bond acceptors (Lipinski definition) is 6. The summed E-state index contributed by atoms with van der Waals surface area (Å²) in [5.41, 5.74) is 0. The lowest BCUT2D eigenvalue weighted by molar-refractivity contribution is -0.117. The number of aryl methyl sites for hydroxylation is 1. The number of piperazine rings is 1. The molecule has 26 heavy (non-hydrogen) atoms. The van der Waals surface area contributed by atoms with E-state index in [4.69, 9.17) is 4.52 Å². The normalized spacial score (nSPS) is 16.3. The van der Waals surface area contributed by atoms with E-state index in [2.05, 4.69) is 49.9 Å². The maximum atomic E-state index is 12.1. The Morgan fingerprint density at radius 1 is 1.23 bits per heavy atom. The van der Waals surface area contributed by atoms with Crippen LogP contribution in [0.3, 0.4) is 0 Å². The van der Waals surface area contributed by atoms with Crippen molar-refractivity contribution in [1.29, 1.82) is 0 Å². The van der Waals surface area contributed by atoms with Gasteiger partial charge in [0.2, 0.25) is 5.91 Å². The molecule has 8 nitrogen and oxygen atoms in total. The van der Waals surface area contributed by atoms with Gasteiger partial charge in [0.25, 0.3) is 0 Å². The molecule has 0 radical (unpaired) electrons. The Balaban J connectivity index is 1.38. The Morgan fingerprint density at radius 3 is 2.62 bits per heavy atom. The topological polar surface area (TPSA) is 79.4 Å². The highest BCUT2D eigenvalue weighted by Gasteiger charge is 2.19. The Bertz CT molecular complexity index is 715. The van der Waals surface area contributed by atoms with E-state index in [1.807, 2.05) is 6.20 Å². The molecule has 0 aromatic carbocycles. The molecular weight excluding hydrogens is 332 g/mol. The molecule has 1 aliphatic rings. The van der Waals surface area contributed by atoms with Crippen LogP contribution in [0.15, 0.2) is 23.0 Å². The molecule has 2 aromatic rings. The Hall–Kier alpha value is -2.19. The molecule has 1 fully saturated rings. The Labute approximate surface area is 154 Å². The number of carbonyl (C=O) groups is 1. The van der Waals surface area contributed by atoms with Crippen molar-refractivity contribution >= 4 is 11.7 Å². The van der Waals surface area contributed by atoms with Crippen LogP contribution < -0.4 is 5.32 Å². The molecule has 8 heteroatoms. The monoisotopic (exact) mass is 360 g/mol. The van der Waals surface area contributed by atoms with E-state index in [1.165, 1.54) is 0 Å². The molecule has 3 rings (SSSR count). The van der Waals surface area contributed by atoms with Crippen LogP contribution in [-0.4, -0.2) is 69.7 Å². The van der Waals surface area contributed by atoms with Gasteiger partial charge in [0.1, 0.15) is 11.6 Å². The lowest BCUT2D eigenvalue weighted by Crippen LogP contribution is -2.49. The van der Waals surface area contributed by atoms with Gasteiger partial charge in [-0.05, 0) is 6.92 Å². The highest BCUT2D eigenvalue weighted by Crippen LogP contribution is 2.12. The van der Waals surface area contributed by atoms with Gasteiger partial charge in [0.15, 0.2) is 5.82 Å². The van der Waals surface area contributed by atoms with Gasteiger partial charge in [0.05, 0.1) is 6.54 Å². The zero-order valence-electron chi connectivity index (χ0n) is 15.8. The Morgan fingerprint density at radius 2 is 1.96 bits per heavy atom. The molecule has 1 N–H and O–H groups in total. The second-order valence-electron chi connectivity index (χ2n) is 7.12. The van der Waals surface area contributed by atoms with Crippen LogP contribution in [0.25, 0.3) is 0 Å². The van der Waals surface area contributed by atoms with E-state index < -0.39 is 0 Å². The number of nitrogens with one attached hydrogen (secondary N) is 1. The lowest BCUT2D eigenvalue weighted by Gasteiger charge is -2.34. The van der Waals surface area contributed by atoms with E-state index in [0.717, 1.165) is 45.1 Å². The van der Waals surface area contributed by atoms with E-state index in [0.29, 0.717) is 24.0 Å². The number of nitrogens with zero attached hydrogens (tertiary/aromatic N) is 5. The summed E-state index contributed by atoms with van der Waals surface area (Å²) >= 11 is 0. The molecule has 2 aromatic heterocycles. The van der Waals surface area contributed by atoms with Crippen molar-refractivity contribution in [2.75, 3.05) is 44.6 Å². The van der Waals surface area contributed by atoms with Crippen LogP contribution in [0.4, 0.5) is 5.82 Å². The molecule has 1 amide bonds. The van der Waals surface area contributed by atoms with Gasteiger partial charge in [-0.2, -0.15) is 0 Å². The van der Waals surface area contributed by atoms with Crippen molar-refractivity contribution in [2.45, 2.75) is 33.2 Å². The minimum atomic E-state index is -0.0493. The van der Waals surface area contributed by atoms with Crippen molar-refractivity contribution in [3.8, 4) is 0 Å². The third-order valence-electron chi connectivity index (χ3n) is 4.65. The summed E-state index contributed by atoms with van der Waals surface area (Å²) in [4.78, 5) is 21.2. The third kappa shape index (κ3) is 4.92. The van der Waals surface area contributed by atoms with Crippen molar-refractivity contribution in [3.05, 3.63) is 30.0 Å². The van der Waals surface area contributed by atoms with Crippen LogP contribution in [0.2, 0.25) is 0 Å². The van der Waals surface area contributed by atoms with Crippen molar-refractivity contribution < 1.29 is 9.32 Å². The van der Waals surface area contributed by atoms with Crippen LogP contribution in [0.5, 0.6) is 0 Å². The molecule has 0 bridgehead atoms. The second kappa shape index (κ2) is 8.46. The SMILES string of the molecule is Cc1cc(NC(=O)CN2CCN(CCn3ccnc3C(C)C)CC2)no1. The third-order valence-corrected chi connectivity index (χ3v) is 4.65. The van der Waals surface area contributed by atoms with Crippen molar-refractivity contribution in [3.63, 3.8) is 0 Å². The fourth-order valence-electron chi connectivity index (χ4n) is 3.24. The number of carbonyl (C=O) groups excluding carboxylic acids is 1. The van der Waals surface area contributed by atoms with Gasteiger partial charge >= 0.3 is 0 Å². The minimum Gasteiger partial charge on any atom is -0.360 e. The summed E-state index contributed by atoms with van der Waals surface area (Å²) in [6.07, 6.45) is 3.93. The fourth-order valence-corrected chi connectivity index (χ4v) is 3.24. The van der Waals surface area contributed by atoms with Crippen LogP contribution in [-0.2, 0) is 11.3 Å². The smallest absolute Gasteiger partial charge is 0.239 e. The van der Waals surface area contributed by atoms with E-state index in [1.54, 1.807) is 13.0 Å². The molecule has 0 atom stereocenters. The summed E-state index contributed by atoms with van der Waals surface area (Å²) in [7, 11) is 0. The maximum Gasteiger partial charge on any atom is 0.239 e. The molecule has 0 aliphatic carbocycles. The number of rotatable bonds is 7. The summed E-state index contributed by atoms with van der Waals surface area (Å²) in [5, 5.41) is 6.56. The minimum absolute atomic E-state index is 0.0493. The molecule has 3 heterocycles. The number of aromatic nitrogens is 3. The van der Waals surface area contributed by atoms with Crippen molar-refractivity contribution in [2.24, 2.45) is 0 Å². The van der Waals surface area contributed by atoms with Gasteiger partial charge in [-0.1, -0.05) is 19.0 Å². The first-order valence-electron chi connectivity index (χ1n) is 9.20. The maximum absolute atomic E-state index is 12.1. The van der Waals surface area contributed by atoms with E-state index >= 15 is 0 Å². The van der Waals surface area contributed by atoms with Gasteiger partial charge < -0.3 is 14.4 Å². The molecular formula is C18H28N6O2. The number of imidazole rings is 1. The van der Waals surface area contributed by atoms with Gasteiger partial charge in [0, 0.05) is 63.6 Å². The first-order valence-corrected chi connectivity index (χ1v) is 9.20. The summed E-state index contributed by atoms with van der Waals surface area (Å²) in [5.74, 6) is 2.70. The van der Waals surface area contributed by atoms with Crippen molar-refractivity contribution in [1.82, 2.24) is 24.5 Å². The summed E-state index contributed by atoms with van der Waals surface area (Å²) in [6, 6.07) is 1.72. The van der Waals surface area contributed by atoms with Crippen LogP contribution in [0.1, 0.15) is 31.4 Å². The number of amides is 1. The first-order chi connectivity index (χ1) is 12.5. The molecule has 1 aliphatic heterocycles. The quantitative estimate of drug-likeness (QED) is 0.807. The average molecular weight is 360 g/mol. The zero-order valence-corrected chi connectivity index (χ0v) is 15.8. The average Bonchev–Trinajstić information content (AvgIpc) is 3.23. The summed E-state index contributed by atoms with van der Waals surface area (Å²) < 4.78 is 7.20. The van der Waals surface area contributed by atoms with Gasteiger partial charge in [-0.15, -0.1) is 0 Å². The van der Waals surface area contributed by atoms with E-state index in [-0.39, 0.29) is 5.91 Å². The Kier molecular flexibility index (Phi) is 6.05. The largest absolute Gasteiger partial charge is 0.360 e. The first kappa shape index (κ1) is 18.6. The summed E-state index contributed by atoms with van der Waals surface area (Å²) in [6.45, 7) is 12.2. The standard InChI is InChI=1S/C18H28N6O2/c1-14(2)18-19-4-5-24(18)11-10-22-6-8-23(9-7-22)13-17(25)20-16-12-15(3)26-21-16/h4-5,12,14H,6-11,13H2,1-3H3,(H,20,21,25). The van der Waals surface area contributed by atoms with Gasteiger partial charge in [-0.3, -0.25) is 14.6 Å². The highest BCUT2D eigenvalue weighted by atomic mass is 16.5. The zero-order chi connectivity index (χ0) is 18.5. The lowest BCUT2D eigenvalue weighted by atomic mass is 10.2. The fraction of sp³-hybridized carbons (Fsp3) is 0.611. The molecule has 0 saturated carbocycles. The molecule has 0 spiro atoms. The molecule has 0 unspecified atom stereocenters. The molecule has 1 saturated heterocycles. The number of hydrogen-bond donors (Lipinski definition) is 1. The molecule has 142 valence electrons. The second-order valence-corrected chi connectivity index (χ2v) is 7.12. The number of anilines is 1. The van der Waals surface area contributed by atoms with Crippen LogP contribution in [0, 0.1) is 6.92 Å². The predicted octanol–water partition coefficient (Wildman–Crippen LogP) is 1.56.